The predicted molar refractivity (Wildman–Crippen MR) is 85.9 cm³/mol. The Labute approximate surface area is 131 Å². The topological polar surface area (TPSA) is 63.2 Å². The molecule has 0 amide bonds. The molecule has 0 aliphatic carbocycles. The van der Waals surface area contributed by atoms with Crippen LogP contribution in [0, 0.1) is 0 Å². The maximum absolute atomic E-state index is 11.6. The minimum atomic E-state index is -3.07. The quantitative estimate of drug-likeness (QED) is 0.871. The number of rotatable bonds is 3. The zero-order valence-electron chi connectivity index (χ0n) is 12.5. The molecule has 0 N–H and O–H groups in total. The van der Waals surface area contributed by atoms with E-state index in [0.29, 0.717) is 19.0 Å². The van der Waals surface area contributed by atoms with E-state index in [1.54, 1.807) is 16.7 Å². The lowest BCUT2D eigenvalue weighted by molar-refractivity contribution is 0.321. The van der Waals surface area contributed by atoms with Crippen LogP contribution in [0.2, 0.25) is 0 Å². The first-order chi connectivity index (χ1) is 10.5. The highest BCUT2D eigenvalue weighted by atomic mass is 32.2. The summed E-state index contributed by atoms with van der Waals surface area (Å²) in [6, 6.07) is 8.01. The van der Waals surface area contributed by atoms with Gasteiger partial charge in [0.15, 0.2) is 0 Å². The maximum Gasteiger partial charge on any atom is 0.211 e. The number of sulfonamides is 1. The summed E-state index contributed by atoms with van der Waals surface area (Å²) in [7, 11) is -3.07. The monoisotopic (exact) mass is 317 g/mol. The molecule has 5 nitrogen and oxygen atoms in total. The average Bonchev–Trinajstić information content (AvgIpc) is 2.55. The zero-order chi connectivity index (χ0) is 15.6. The van der Waals surface area contributed by atoms with E-state index >= 15 is 0 Å². The molecule has 22 heavy (non-hydrogen) atoms. The molecule has 1 fully saturated rings. The van der Waals surface area contributed by atoms with Crippen LogP contribution in [0.5, 0.6) is 0 Å². The second-order valence-corrected chi connectivity index (χ2v) is 7.63. The van der Waals surface area contributed by atoms with E-state index < -0.39 is 10.0 Å². The Balaban J connectivity index is 1.77. The molecule has 2 aromatic rings. The first-order valence-electron chi connectivity index (χ1n) is 7.35. The Morgan fingerprint density at radius 3 is 2.59 bits per heavy atom. The lowest BCUT2D eigenvalue weighted by atomic mass is 9.90. The van der Waals surface area contributed by atoms with Gasteiger partial charge in [0.1, 0.15) is 0 Å². The number of hydrogen-bond donors (Lipinski definition) is 0. The summed E-state index contributed by atoms with van der Waals surface area (Å²) in [5.74, 6) is 0.386. The van der Waals surface area contributed by atoms with Gasteiger partial charge in [-0.2, -0.15) is 0 Å². The highest BCUT2D eigenvalue weighted by Crippen LogP contribution is 2.30. The molecular weight excluding hydrogens is 298 g/mol. The van der Waals surface area contributed by atoms with Crippen LogP contribution in [0.25, 0.3) is 11.3 Å². The zero-order valence-corrected chi connectivity index (χ0v) is 13.3. The lowest BCUT2D eigenvalue weighted by Gasteiger charge is -2.30. The van der Waals surface area contributed by atoms with Crippen LogP contribution in [0.4, 0.5) is 0 Å². The van der Waals surface area contributed by atoms with E-state index in [4.69, 9.17) is 0 Å². The molecule has 0 saturated carbocycles. The summed E-state index contributed by atoms with van der Waals surface area (Å²) in [4.78, 5) is 8.54. The van der Waals surface area contributed by atoms with Crippen LogP contribution in [0.1, 0.15) is 24.3 Å². The minimum absolute atomic E-state index is 0.386. The van der Waals surface area contributed by atoms with Crippen LogP contribution >= 0.6 is 0 Å². The molecule has 3 rings (SSSR count). The number of hydrogen-bond acceptors (Lipinski definition) is 4. The molecule has 0 spiro atoms. The van der Waals surface area contributed by atoms with Gasteiger partial charge in [0, 0.05) is 37.2 Å². The van der Waals surface area contributed by atoms with Gasteiger partial charge in [-0.25, -0.2) is 12.7 Å². The van der Waals surface area contributed by atoms with E-state index in [1.807, 2.05) is 24.4 Å². The van der Waals surface area contributed by atoms with Gasteiger partial charge in [-0.05, 0) is 48.6 Å². The van der Waals surface area contributed by atoms with Crippen LogP contribution in [-0.2, 0) is 10.0 Å². The Bertz CT molecular complexity index is 739. The van der Waals surface area contributed by atoms with Gasteiger partial charge in [0.05, 0.1) is 11.9 Å². The molecule has 1 saturated heterocycles. The van der Waals surface area contributed by atoms with Crippen molar-refractivity contribution in [3.05, 3.63) is 48.4 Å². The molecule has 0 atom stereocenters. The molecule has 0 unspecified atom stereocenters. The summed E-state index contributed by atoms with van der Waals surface area (Å²) in [5.41, 5.74) is 3.14. The normalized spacial score (nSPS) is 17.5. The van der Waals surface area contributed by atoms with Crippen molar-refractivity contribution >= 4 is 10.0 Å². The number of nitrogens with zero attached hydrogens (tertiary/aromatic N) is 3. The van der Waals surface area contributed by atoms with E-state index in [1.165, 1.54) is 11.8 Å². The smallest absolute Gasteiger partial charge is 0.211 e. The maximum atomic E-state index is 11.6. The Hall–Kier alpha value is -1.79. The van der Waals surface area contributed by atoms with E-state index in [9.17, 15) is 8.42 Å². The summed E-state index contributed by atoms with van der Waals surface area (Å²) < 4.78 is 24.7. The van der Waals surface area contributed by atoms with Crippen molar-refractivity contribution in [2.24, 2.45) is 0 Å². The standard InChI is InChI=1S/C16H19N3O2S/c1-22(20,21)19-9-5-13(6-10-19)14-4-8-18-16(11-14)15-3-2-7-17-12-15/h2-4,7-8,11-13H,5-6,9-10H2,1H3. The van der Waals surface area contributed by atoms with Crippen molar-refractivity contribution in [1.29, 1.82) is 0 Å². The molecule has 3 heterocycles. The van der Waals surface area contributed by atoms with E-state index in [-0.39, 0.29) is 0 Å². The third kappa shape index (κ3) is 3.34. The van der Waals surface area contributed by atoms with Crippen LogP contribution in [-0.4, -0.2) is 42.0 Å². The lowest BCUT2D eigenvalue weighted by Crippen LogP contribution is -2.37. The fourth-order valence-corrected chi connectivity index (χ4v) is 3.77. The number of piperidine rings is 1. The van der Waals surface area contributed by atoms with Gasteiger partial charge < -0.3 is 0 Å². The van der Waals surface area contributed by atoms with E-state index in [2.05, 4.69) is 16.0 Å². The van der Waals surface area contributed by atoms with Gasteiger partial charge in [0.2, 0.25) is 10.0 Å². The van der Waals surface area contributed by atoms with Gasteiger partial charge in [-0.1, -0.05) is 0 Å². The second kappa shape index (κ2) is 6.14. The summed E-state index contributed by atoms with van der Waals surface area (Å²) in [6.45, 7) is 1.18. The summed E-state index contributed by atoms with van der Waals surface area (Å²) in [5, 5.41) is 0. The largest absolute Gasteiger partial charge is 0.264 e. The molecule has 1 aliphatic heterocycles. The van der Waals surface area contributed by atoms with E-state index in [0.717, 1.165) is 24.1 Å². The third-order valence-electron chi connectivity index (χ3n) is 4.14. The Kier molecular flexibility index (Phi) is 4.22. The molecule has 6 heteroatoms. The van der Waals surface area contributed by atoms with Crippen molar-refractivity contribution < 1.29 is 8.42 Å². The first kappa shape index (κ1) is 15.1. The van der Waals surface area contributed by atoms with Crippen LogP contribution in [0.15, 0.2) is 42.9 Å². The SMILES string of the molecule is CS(=O)(=O)N1CCC(c2ccnc(-c3cccnc3)c2)CC1. The molecular formula is C16H19N3O2S. The van der Waals surface area contributed by atoms with Crippen molar-refractivity contribution in [2.75, 3.05) is 19.3 Å². The van der Waals surface area contributed by atoms with Gasteiger partial charge in [-0.3, -0.25) is 9.97 Å². The Morgan fingerprint density at radius 2 is 1.95 bits per heavy atom. The summed E-state index contributed by atoms with van der Waals surface area (Å²) >= 11 is 0. The van der Waals surface area contributed by atoms with Crippen molar-refractivity contribution in [3.8, 4) is 11.3 Å². The van der Waals surface area contributed by atoms with Crippen LogP contribution in [0.3, 0.4) is 0 Å². The Morgan fingerprint density at radius 1 is 1.18 bits per heavy atom. The number of pyridine rings is 2. The molecule has 2 aromatic heterocycles. The molecule has 116 valence electrons. The van der Waals surface area contributed by atoms with Gasteiger partial charge in [-0.15, -0.1) is 0 Å². The van der Waals surface area contributed by atoms with Crippen LogP contribution < -0.4 is 0 Å². The molecule has 0 radical (unpaired) electrons. The highest BCUT2D eigenvalue weighted by Gasteiger charge is 2.25. The third-order valence-corrected chi connectivity index (χ3v) is 5.44. The molecule has 1 aliphatic rings. The molecule has 0 aromatic carbocycles. The number of aromatic nitrogens is 2. The van der Waals surface area contributed by atoms with Crippen molar-refractivity contribution in [2.45, 2.75) is 18.8 Å². The minimum Gasteiger partial charge on any atom is -0.264 e. The predicted octanol–water partition coefficient (Wildman–Crippen LogP) is 2.28. The van der Waals surface area contributed by atoms with Crippen molar-refractivity contribution in [1.82, 2.24) is 14.3 Å². The van der Waals surface area contributed by atoms with Gasteiger partial charge in [0.25, 0.3) is 0 Å². The summed E-state index contributed by atoms with van der Waals surface area (Å²) in [6.07, 6.45) is 8.35. The first-order valence-corrected chi connectivity index (χ1v) is 9.20. The van der Waals surface area contributed by atoms with Gasteiger partial charge >= 0.3 is 0 Å². The average molecular weight is 317 g/mol. The second-order valence-electron chi connectivity index (χ2n) is 5.65. The fourth-order valence-electron chi connectivity index (χ4n) is 2.89. The molecule has 0 bridgehead atoms. The van der Waals surface area contributed by atoms with Crippen molar-refractivity contribution in [3.63, 3.8) is 0 Å². The highest BCUT2D eigenvalue weighted by molar-refractivity contribution is 7.88. The fraction of sp³-hybridized carbons (Fsp3) is 0.375.